The number of carbonyl (C=O) groups is 1. The number of nitro groups is 1. The Morgan fingerprint density at radius 3 is 2.65 bits per heavy atom. The molecule has 3 aliphatic rings. The first-order valence-corrected chi connectivity index (χ1v) is 13.1. The Morgan fingerprint density at radius 2 is 1.89 bits per heavy atom. The topological polar surface area (TPSA) is 84.7 Å². The molecule has 0 radical (unpaired) electrons. The molecule has 0 unspecified atom stereocenters. The smallest absolute Gasteiger partial charge is 0.256 e. The number of anilines is 1. The standard InChI is InChI=1S/C27H22Cl3N3O4/c28-17-9-7-16(19(29)13-17)14-37-23-10-8-15(12-20(23)30)24-22-6-3-11-32(22)27(25(24)33(35)36)18-4-1-2-5-21(18)31-26(27)34/h1-2,4-5,7-10,12-13,22,24-25H,3,6,11,14H2,(H,31,34)/t22-,24+,25+,27-/m0/s1. The Morgan fingerprint density at radius 1 is 1.08 bits per heavy atom. The first kappa shape index (κ1) is 24.5. The summed E-state index contributed by atoms with van der Waals surface area (Å²) < 4.78 is 5.91. The molecule has 3 aliphatic heterocycles. The van der Waals surface area contributed by atoms with Crippen molar-refractivity contribution >= 4 is 46.4 Å². The van der Waals surface area contributed by atoms with Crippen molar-refractivity contribution in [3.05, 3.63) is 103 Å². The van der Waals surface area contributed by atoms with Gasteiger partial charge in [-0.3, -0.25) is 19.8 Å². The molecule has 0 aliphatic carbocycles. The molecule has 3 heterocycles. The number of hydrogen-bond donors (Lipinski definition) is 1. The van der Waals surface area contributed by atoms with Gasteiger partial charge in [0, 0.05) is 44.4 Å². The number of hydrogen-bond acceptors (Lipinski definition) is 5. The van der Waals surface area contributed by atoms with Gasteiger partial charge in [0.25, 0.3) is 11.9 Å². The molecule has 0 aromatic heterocycles. The molecule has 3 aromatic rings. The molecule has 6 rings (SSSR count). The second kappa shape index (κ2) is 9.17. The Balaban J connectivity index is 1.37. The van der Waals surface area contributed by atoms with Crippen LogP contribution in [0.5, 0.6) is 5.75 Å². The summed E-state index contributed by atoms with van der Waals surface area (Å²) in [5.41, 5.74) is 1.41. The number of fused-ring (bicyclic) bond motifs is 4. The number of nitrogens with one attached hydrogen (secondary N) is 1. The quantitative estimate of drug-likeness (QED) is 0.294. The minimum absolute atomic E-state index is 0.164. The maximum Gasteiger partial charge on any atom is 0.256 e. The fraction of sp³-hybridized carbons (Fsp3) is 0.296. The van der Waals surface area contributed by atoms with Crippen LogP contribution in [0.15, 0.2) is 60.7 Å². The van der Waals surface area contributed by atoms with Crippen LogP contribution in [0.4, 0.5) is 5.69 Å². The van der Waals surface area contributed by atoms with Crippen LogP contribution in [0.2, 0.25) is 15.1 Å². The fourth-order valence-corrected chi connectivity index (χ4v) is 7.12. The highest BCUT2D eigenvalue weighted by molar-refractivity contribution is 6.35. The third-order valence-electron chi connectivity index (χ3n) is 7.83. The molecule has 3 aromatic carbocycles. The van der Waals surface area contributed by atoms with Gasteiger partial charge >= 0.3 is 0 Å². The highest BCUT2D eigenvalue weighted by Gasteiger charge is 2.73. The Kier molecular flexibility index (Phi) is 6.07. The molecule has 1 amide bonds. The molecule has 7 nitrogen and oxygen atoms in total. The zero-order chi connectivity index (χ0) is 25.9. The SMILES string of the molecule is O=C1Nc2ccccc2[C@]12[C@H]([N+](=O)[O-])[C@H](c1ccc(OCc3ccc(Cl)cc3Cl)c(Cl)c1)[C@@H]1CCCN12. The Labute approximate surface area is 228 Å². The van der Waals surface area contributed by atoms with E-state index in [1.54, 1.807) is 36.4 Å². The summed E-state index contributed by atoms with van der Waals surface area (Å²) in [6.45, 7) is 0.802. The average molecular weight is 559 g/mol. The lowest BCUT2D eigenvalue weighted by Gasteiger charge is -2.32. The van der Waals surface area contributed by atoms with E-state index < -0.39 is 17.5 Å². The maximum atomic E-state index is 13.6. The van der Waals surface area contributed by atoms with Crippen molar-refractivity contribution < 1.29 is 14.5 Å². The molecule has 10 heteroatoms. The van der Waals surface area contributed by atoms with Crippen LogP contribution in [-0.2, 0) is 16.9 Å². The largest absolute Gasteiger partial charge is 0.487 e. The van der Waals surface area contributed by atoms with Gasteiger partial charge in [0.05, 0.1) is 10.9 Å². The van der Waals surface area contributed by atoms with Crippen molar-refractivity contribution in [2.24, 2.45) is 0 Å². The Bertz CT molecular complexity index is 1430. The van der Waals surface area contributed by atoms with Crippen LogP contribution in [-0.4, -0.2) is 34.4 Å². The van der Waals surface area contributed by atoms with Crippen molar-refractivity contribution in [2.45, 2.75) is 43.0 Å². The molecular formula is C27H22Cl3N3O4. The molecule has 0 bridgehead atoms. The molecule has 0 saturated carbocycles. The van der Waals surface area contributed by atoms with Crippen LogP contribution < -0.4 is 10.1 Å². The molecule has 4 atom stereocenters. The fourth-order valence-electron chi connectivity index (χ4n) is 6.41. The van der Waals surface area contributed by atoms with Crippen molar-refractivity contribution in [2.75, 3.05) is 11.9 Å². The number of carbonyl (C=O) groups excluding carboxylic acids is 1. The van der Waals surface area contributed by atoms with E-state index in [1.165, 1.54) is 0 Å². The highest BCUT2D eigenvalue weighted by atomic mass is 35.5. The lowest BCUT2D eigenvalue weighted by atomic mass is 9.77. The lowest BCUT2D eigenvalue weighted by Crippen LogP contribution is -2.55. The van der Waals surface area contributed by atoms with E-state index in [0.29, 0.717) is 38.6 Å². The average Bonchev–Trinajstić information content (AvgIpc) is 3.52. The molecule has 2 saturated heterocycles. The van der Waals surface area contributed by atoms with Gasteiger partial charge < -0.3 is 10.1 Å². The predicted molar refractivity (Wildman–Crippen MR) is 142 cm³/mol. The third-order valence-corrected chi connectivity index (χ3v) is 8.72. The van der Waals surface area contributed by atoms with Gasteiger partial charge in [-0.15, -0.1) is 0 Å². The third kappa shape index (κ3) is 3.71. The summed E-state index contributed by atoms with van der Waals surface area (Å²) in [7, 11) is 0. The minimum Gasteiger partial charge on any atom is -0.487 e. The normalized spacial score (nSPS) is 26.2. The van der Waals surface area contributed by atoms with Crippen LogP contribution in [0, 0.1) is 10.1 Å². The zero-order valence-electron chi connectivity index (χ0n) is 19.5. The number of rotatable bonds is 5. The summed E-state index contributed by atoms with van der Waals surface area (Å²) in [5.74, 6) is -0.420. The first-order valence-electron chi connectivity index (χ1n) is 12.0. The van der Waals surface area contributed by atoms with E-state index in [9.17, 15) is 14.9 Å². The van der Waals surface area contributed by atoms with Gasteiger partial charge in [0.2, 0.25) is 0 Å². The number of ether oxygens (including phenoxy) is 1. The number of halogens is 3. The molecule has 1 N–H and O–H groups in total. The van der Waals surface area contributed by atoms with E-state index in [4.69, 9.17) is 39.5 Å². The second-order valence-corrected chi connectivity index (χ2v) is 10.9. The lowest BCUT2D eigenvalue weighted by molar-refractivity contribution is -0.534. The van der Waals surface area contributed by atoms with Crippen LogP contribution in [0.3, 0.4) is 0 Å². The molecular weight excluding hydrogens is 537 g/mol. The second-order valence-electron chi connectivity index (χ2n) is 9.64. The summed E-state index contributed by atoms with van der Waals surface area (Å²) in [5, 5.41) is 17.0. The summed E-state index contributed by atoms with van der Waals surface area (Å²) in [6, 6.07) is 16.4. The van der Waals surface area contributed by atoms with Crippen molar-refractivity contribution in [3.63, 3.8) is 0 Å². The number of nitrogens with zero attached hydrogens (tertiary/aromatic N) is 2. The highest BCUT2D eigenvalue weighted by Crippen LogP contribution is 2.58. The van der Waals surface area contributed by atoms with E-state index in [1.807, 2.05) is 29.2 Å². The maximum absolute atomic E-state index is 13.6. The summed E-state index contributed by atoms with van der Waals surface area (Å²) in [6.07, 6.45) is 1.62. The van der Waals surface area contributed by atoms with E-state index in [0.717, 1.165) is 24.0 Å². The van der Waals surface area contributed by atoms with E-state index in [2.05, 4.69) is 5.32 Å². The van der Waals surface area contributed by atoms with Gasteiger partial charge in [-0.1, -0.05) is 65.1 Å². The van der Waals surface area contributed by atoms with Crippen molar-refractivity contribution in [1.29, 1.82) is 0 Å². The molecule has 2 fully saturated rings. The van der Waals surface area contributed by atoms with E-state index >= 15 is 0 Å². The number of para-hydroxylation sites is 1. The number of benzene rings is 3. The van der Waals surface area contributed by atoms with Crippen molar-refractivity contribution in [3.8, 4) is 5.75 Å². The monoisotopic (exact) mass is 557 g/mol. The van der Waals surface area contributed by atoms with Crippen LogP contribution >= 0.6 is 34.8 Å². The predicted octanol–water partition coefficient (Wildman–Crippen LogP) is 6.28. The van der Waals surface area contributed by atoms with Gasteiger partial charge in [-0.05, 0) is 48.7 Å². The van der Waals surface area contributed by atoms with Crippen LogP contribution in [0.1, 0.15) is 35.4 Å². The number of amides is 1. The summed E-state index contributed by atoms with van der Waals surface area (Å²) in [4.78, 5) is 28.0. The first-order chi connectivity index (χ1) is 17.8. The van der Waals surface area contributed by atoms with Gasteiger partial charge in [0.15, 0.2) is 5.54 Å². The minimum atomic E-state index is -1.36. The van der Waals surface area contributed by atoms with Crippen LogP contribution in [0.25, 0.3) is 0 Å². The van der Waals surface area contributed by atoms with E-state index in [-0.39, 0.29) is 23.5 Å². The Hall–Kier alpha value is -2.84. The van der Waals surface area contributed by atoms with Gasteiger partial charge in [-0.25, -0.2) is 0 Å². The van der Waals surface area contributed by atoms with Gasteiger partial charge in [0.1, 0.15) is 12.4 Å². The van der Waals surface area contributed by atoms with Gasteiger partial charge in [-0.2, -0.15) is 0 Å². The van der Waals surface area contributed by atoms with Crippen molar-refractivity contribution in [1.82, 2.24) is 4.90 Å². The summed E-state index contributed by atoms with van der Waals surface area (Å²) >= 11 is 18.9. The molecule has 1 spiro atoms. The molecule has 190 valence electrons. The zero-order valence-corrected chi connectivity index (χ0v) is 21.8. The molecule has 37 heavy (non-hydrogen) atoms.